The molecular weight excluding hydrogens is 238 g/mol. The molecule has 1 aromatic carbocycles. The lowest BCUT2D eigenvalue weighted by Gasteiger charge is -2.04. The van der Waals surface area contributed by atoms with Gasteiger partial charge in [-0.1, -0.05) is 17.3 Å². The van der Waals surface area contributed by atoms with Crippen LogP contribution in [0.15, 0.2) is 34.3 Å². The number of carbonyl (C=O) groups is 1. The molecule has 0 unspecified atom stereocenters. The van der Waals surface area contributed by atoms with E-state index in [9.17, 15) is 4.79 Å². The lowest BCUT2D eigenvalue weighted by Crippen LogP contribution is -2.19. The highest BCUT2D eigenvalue weighted by atomic mass is 32.2. The number of carbonyl (C=O) groups excluding carboxylic acids is 1. The predicted octanol–water partition coefficient (Wildman–Crippen LogP) is 1.61. The first-order chi connectivity index (χ1) is 8.11. The summed E-state index contributed by atoms with van der Waals surface area (Å²) in [6.45, 7) is 1.84. The lowest BCUT2D eigenvalue weighted by molar-refractivity contribution is -0.115. The van der Waals surface area contributed by atoms with Crippen LogP contribution in [0.25, 0.3) is 5.57 Å². The molecule has 2 rings (SSSR count). The summed E-state index contributed by atoms with van der Waals surface area (Å²) in [6, 6.07) is 7.25. The maximum atomic E-state index is 11.6. The highest BCUT2D eigenvalue weighted by Gasteiger charge is 2.26. The van der Waals surface area contributed by atoms with Crippen LogP contribution in [-0.4, -0.2) is 16.3 Å². The number of hydrogen-bond donors (Lipinski definition) is 3. The van der Waals surface area contributed by atoms with Crippen molar-refractivity contribution in [3.8, 4) is 0 Å². The summed E-state index contributed by atoms with van der Waals surface area (Å²) >= 11 is 1.11. The third-order valence-corrected chi connectivity index (χ3v) is 3.47. The van der Waals surface area contributed by atoms with Crippen molar-refractivity contribution in [2.45, 2.75) is 6.92 Å². The van der Waals surface area contributed by atoms with Crippen molar-refractivity contribution in [1.82, 2.24) is 5.32 Å². The van der Waals surface area contributed by atoms with Crippen molar-refractivity contribution in [3.05, 3.63) is 34.7 Å². The van der Waals surface area contributed by atoms with Crippen LogP contribution in [0, 0.1) is 0 Å². The Labute approximate surface area is 102 Å². The van der Waals surface area contributed by atoms with E-state index in [2.05, 4.69) is 10.5 Å². The fraction of sp³-hybridized carbons (Fsp3) is 0.0909. The summed E-state index contributed by atoms with van der Waals surface area (Å²) in [5.74, 6) is -0.253. The number of benzene rings is 1. The van der Waals surface area contributed by atoms with E-state index >= 15 is 0 Å². The van der Waals surface area contributed by atoms with Gasteiger partial charge in [0.25, 0.3) is 5.91 Å². The van der Waals surface area contributed by atoms with E-state index in [4.69, 9.17) is 10.9 Å². The van der Waals surface area contributed by atoms with Crippen molar-refractivity contribution in [2.75, 3.05) is 5.73 Å². The molecule has 0 spiro atoms. The Morgan fingerprint density at radius 2 is 2.06 bits per heavy atom. The molecule has 0 aliphatic carbocycles. The van der Waals surface area contributed by atoms with Gasteiger partial charge in [-0.25, -0.2) is 0 Å². The van der Waals surface area contributed by atoms with Crippen molar-refractivity contribution in [3.63, 3.8) is 0 Å². The van der Waals surface area contributed by atoms with Crippen molar-refractivity contribution < 1.29 is 10.0 Å². The third-order valence-electron chi connectivity index (χ3n) is 2.40. The second kappa shape index (κ2) is 4.50. The van der Waals surface area contributed by atoms with Gasteiger partial charge >= 0.3 is 0 Å². The van der Waals surface area contributed by atoms with Crippen LogP contribution in [0.5, 0.6) is 0 Å². The van der Waals surface area contributed by atoms with Gasteiger partial charge in [-0.15, -0.1) is 0 Å². The van der Waals surface area contributed by atoms with Gasteiger partial charge in [0.15, 0.2) is 0 Å². The minimum atomic E-state index is -0.253. The maximum absolute atomic E-state index is 11.6. The molecule has 1 saturated heterocycles. The summed E-state index contributed by atoms with van der Waals surface area (Å²) in [6.07, 6.45) is 0. The molecule has 0 atom stereocenters. The Bertz CT molecular complexity index is 520. The smallest absolute Gasteiger partial charge is 0.264 e. The summed E-state index contributed by atoms with van der Waals surface area (Å²) in [4.78, 5) is 12.1. The van der Waals surface area contributed by atoms with E-state index in [1.54, 1.807) is 12.1 Å². The summed E-state index contributed by atoms with van der Waals surface area (Å²) in [5.41, 5.74) is 8.01. The number of amides is 1. The molecule has 88 valence electrons. The Morgan fingerprint density at radius 3 is 2.59 bits per heavy atom. The quantitative estimate of drug-likeness (QED) is 0.305. The van der Waals surface area contributed by atoms with E-state index < -0.39 is 0 Å². The first-order valence-corrected chi connectivity index (χ1v) is 5.71. The highest BCUT2D eigenvalue weighted by Crippen LogP contribution is 2.31. The topological polar surface area (TPSA) is 87.7 Å². The molecule has 1 fully saturated rings. The van der Waals surface area contributed by atoms with Gasteiger partial charge in [0, 0.05) is 5.69 Å². The Kier molecular flexibility index (Phi) is 3.06. The number of nitrogens with two attached hydrogens (primary N) is 1. The summed E-state index contributed by atoms with van der Waals surface area (Å²) in [5, 5.41) is 14.2. The van der Waals surface area contributed by atoms with Crippen molar-refractivity contribution in [1.29, 1.82) is 0 Å². The molecule has 0 radical (unpaired) electrons. The van der Waals surface area contributed by atoms with Gasteiger partial charge in [0.2, 0.25) is 5.17 Å². The molecule has 1 aromatic rings. The molecule has 0 aromatic heterocycles. The number of thioether (sulfide) groups is 1. The second-order valence-electron chi connectivity index (χ2n) is 3.54. The van der Waals surface area contributed by atoms with E-state index in [1.807, 2.05) is 19.1 Å². The minimum absolute atomic E-state index is 0.194. The van der Waals surface area contributed by atoms with Crippen LogP contribution < -0.4 is 11.1 Å². The van der Waals surface area contributed by atoms with Gasteiger partial charge in [0.05, 0.1) is 4.91 Å². The molecular formula is C11H11N3O2S. The van der Waals surface area contributed by atoms with Crippen LogP contribution in [0.1, 0.15) is 12.5 Å². The van der Waals surface area contributed by atoms with Crippen LogP contribution in [0.3, 0.4) is 0 Å². The van der Waals surface area contributed by atoms with Gasteiger partial charge in [-0.05, 0) is 42.0 Å². The Hall–Kier alpha value is -1.95. The molecule has 4 N–H and O–H groups in total. The second-order valence-corrected chi connectivity index (χ2v) is 4.54. The van der Waals surface area contributed by atoms with Crippen molar-refractivity contribution >= 4 is 34.1 Å². The first-order valence-electron chi connectivity index (χ1n) is 4.90. The highest BCUT2D eigenvalue weighted by molar-refractivity contribution is 8.18. The number of oxime groups is 1. The molecule has 6 heteroatoms. The zero-order valence-corrected chi connectivity index (χ0v) is 9.91. The molecule has 1 aliphatic heterocycles. The monoisotopic (exact) mass is 249 g/mol. The van der Waals surface area contributed by atoms with E-state index in [0.29, 0.717) is 10.6 Å². The number of nitrogens with one attached hydrogen (secondary N) is 1. The Balaban J connectivity index is 2.39. The third kappa shape index (κ3) is 2.26. The van der Waals surface area contributed by atoms with Crippen LogP contribution in [0.2, 0.25) is 0 Å². The first kappa shape index (κ1) is 11.5. The normalized spacial score (nSPS) is 20.5. The Morgan fingerprint density at radius 1 is 1.41 bits per heavy atom. The van der Waals surface area contributed by atoms with Crippen LogP contribution >= 0.6 is 11.8 Å². The number of amidine groups is 1. The zero-order chi connectivity index (χ0) is 12.4. The van der Waals surface area contributed by atoms with Crippen molar-refractivity contribution in [2.24, 2.45) is 5.16 Å². The van der Waals surface area contributed by atoms with Gasteiger partial charge in [-0.2, -0.15) is 0 Å². The number of allylic oxidation sites excluding steroid dienone is 1. The standard InChI is InChI=1S/C11H11N3O2S/c1-6(7-2-4-8(12)5-3-7)9-10(15)13-11(14-16)17-9/h2-5,16H,12H2,1H3,(H,13,14,15)/b9-6+. The average molecular weight is 249 g/mol. The van der Waals surface area contributed by atoms with Gasteiger partial charge in [-0.3, -0.25) is 10.1 Å². The number of rotatable bonds is 1. The zero-order valence-electron chi connectivity index (χ0n) is 9.10. The van der Waals surface area contributed by atoms with Crippen LogP contribution in [0.4, 0.5) is 5.69 Å². The molecule has 0 saturated carbocycles. The largest absolute Gasteiger partial charge is 0.409 e. The fourth-order valence-electron chi connectivity index (χ4n) is 1.48. The summed E-state index contributed by atoms with van der Waals surface area (Å²) in [7, 11) is 0. The minimum Gasteiger partial charge on any atom is -0.409 e. The molecule has 1 aliphatic rings. The number of nitrogen functional groups attached to an aromatic ring is 1. The maximum Gasteiger partial charge on any atom is 0.264 e. The SMILES string of the molecule is C/C(=C1\S/C(=N\O)NC1=O)c1ccc(N)cc1. The summed E-state index contributed by atoms with van der Waals surface area (Å²) < 4.78 is 0. The molecule has 5 nitrogen and oxygen atoms in total. The molecule has 1 heterocycles. The van der Waals surface area contributed by atoms with E-state index in [1.165, 1.54) is 0 Å². The predicted molar refractivity (Wildman–Crippen MR) is 68.4 cm³/mol. The van der Waals surface area contributed by atoms with E-state index in [0.717, 1.165) is 22.9 Å². The van der Waals surface area contributed by atoms with E-state index in [-0.39, 0.29) is 11.1 Å². The number of hydrogen-bond acceptors (Lipinski definition) is 5. The van der Waals surface area contributed by atoms with Gasteiger partial charge in [0.1, 0.15) is 0 Å². The lowest BCUT2D eigenvalue weighted by atomic mass is 10.1. The molecule has 0 bridgehead atoms. The average Bonchev–Trinajstić information content (AvgIpc) is 2.71. The fourth-order valence-corrected chi connectivity index (χ4v) is 2.27. The van der Waals surface area contributed by atoms with Gasteiger partial charge < -0.3 is 10.9 Å². The molecule has 17 heavy (non-hydrogen) atoms. The molecule has 1 amide bonds. The number of anilines is 1. The number of nitrogens with zero attached hydrogens (tertiary/aromatic N) is 1. The van der Waals surface area contributed by atoms with Crippen LogP contribution in [-0.2, 0) is 4.79 Å².